The molecule has 0 spiro atoms. The summed E-state index contributed by atoms with van der Waals surface area (Å²) in [7, 11) is 3.60. The lowest BCUT2D eigenvalue weighted by Crippen LogP contribution is -2.10. The summed E-state index contributed by atoms with van der Waals surface area (Å²) in [6, 6.07) is 4.19. The smallest absolute Gasteiger partial charge is 0.124 e. The van der Waals surface area contributed by atoms with Crippen LogP contribution in [0.2, 0.25) is 0 Å². The second-order valence-corrected chi connectivity index (χ2v) is 3.90. The Morgan fingerprint density at radius 2 is 1.79 bits per heavy atom. The molecule has 14 heavy (non-hydrogen) atoms. The van der Waals surface area contributed by atoms with Gasteiger partial charge in [0.1, 0.15) is 5.75 Å². The second kappa shape index (κ2) is 4.71. The van der Waals surface area contributed by atoms with Gasteiger partial charge in [0.05, 0.1) is 12.5 Å². The third kappa shape index (κ3) is 2.22. The fourth-order valence-electron chi connectivity index (χ4n) is 1.63. The molecule has 0 fully saturated rings. The molecular weight excluding hydrogens is 194 g/mol. The molecular formula is C11H17NOS. The molecule has 0 heterocycles. The van der Waals surface area contributed by atoms with E-state index in [2.05, 4.69) is 30.1 Å². The number of methoxy groups -OCH3 is 1. The molecule has 1 N–H and O–H groups in total. The van der Waals surface area contributed by atoms with Gasteiger partial charge >= 0.3 is 0 Å². The molecule has 1 rings (SSSR count). The van der Waals surface area contributed by atoms with E-state index < -0.39 is 0 Å². The van der Waals surface area contributed by atoms with Crippen molar-refractivity contribution < 1.29 is 4.74 Å². The minimum atomic E-state index is 0.0818. The highest BCUT2D eigenvalue weighted by Gasteiger charge is 2.09. The maximum absolute atomic E-state index is 5.30. The lowest BCUT2D eigenvalue weighted by Gasteiger charge is -2.15. The van der Waals surface area contributed by atoms with E-state index in [-0.39, 0.29) is 5.37 Å². The van der Waals surface area contributed by atoms with Crippen LogP contribution in [0.15, 0.2) is 12.1 Å². The first kappa shape index (κ1) is 11.4. The average molecular weight is 211 g/mol. The van der Waals surface area contributed by atoms with Crippen molar-refractivity contribution in [3.63, 3.8) is 0 Å². The summed E-state index contributed by atoms with van der Waals surface area (Å²) in [4.78, 5) is 0. The predicted octanol–water partition coefficient (Wildman–Crippen LogP) is 2.46. The monoisotopic (exact) mass is 211 g/mol. The van der Waals surface area contributed by atoms with Crippen molar-refractivity contribution in [1.82, 2.24) is 5.32 Å². The molecule has 0 saturated heterocycles. The van der Waals surface area contributed by atoms with Gasteiger partial charge in [-0.25, -0.2) is 0 Å². The molecule has 1 atom stereocenters. The molecule has 0 bridgehead atoms. The average Bonchev–Trinajstić information content (AvgIpc) is 2.16. The van der Waals surface area contributed by atoms with Gasteiger partial charge in [-0.15, -0.1) is 0 Å². The number of aryl methyl sites for hydroxylation is 2. The van der Waals surface area contributed by atoms with Crippen molar-refractivity contribution >= 4 is 12.6 Å². The standard InChI is InChI=1S/C11H17NOS/c1-7-5-9(11(14)12-3)6-8(2)10(7)13-4/h5-6,11-12,14H,1-4H3. The fraction of sp³-hybridized carbons (Fsp3) is 0.455. The van der Waals surface area contributed by atoms with E-state index in [4.69, 9.17) is 4.74 Å². The zero-order valence-electron chi connectivity index (χ0n) is 9.09. The topological polar surface area (TPSA) is 21.3 Å². The maximum atomic E-state index is 5.30. The number of thiol groups is 1. The fourth-order valence-corrected chi connectivity index (χ4v) is 1.78. The first-order valence-electron chi connectivity index (χ1n) is 4.60. The molecule has 0 radical (unpaired) electrons. The van der Waals surface area contributed by atoms with Crippen LogP contribution >= 0.6 is 12.6 Å². The van der Waals surface area contributed by atoms with Crippen LogP contribution in [-0.2, 0) is 0 Å². The quantitative estimate of drug-likeness (QED) is 0.592. The highest BCUT2D eigenvalue weighted by atomic mass is 32.1. The minimum absolute atomic E-state index is 0.0818. The lowest BCUT2D eigenvalue weighted by molar-refractivity contribution is 0.408. The number of nitrogens with one attached hydrogen (secondary N) is 1. The number of rotatable bonds is 3. The van der Waals surface area contributed by atoms with Gasteiger partial charge in [-0.3, -0.25) is 0 Å². The predicted molar refractivity (Wildman–Crippen MR) is 63.3 cm³/mol. The van der Waals surface area contributed by atoms with Gasteiger partial charge in [-0.2, -0.15) is 12.6 Å². The van der Waals surface area contributed by atoms with Crippen molar-refractivity contribution in [1.29, 1.82) is 0 Å². The molecule has 0 amide bonds. The highest BCUT2D eigenvalue weighted by Crippen LogP contribution is 2.28. The van der Waals surface area contributed by atoms with E-state index in [9.17, 15) is 0 Å². The van der Waals surface area contributed by atoms with E-state index in [0.29, 0.717) is 0 Å². The molecule has 1 unspecified atom stereocenters. The summed E-state index contributed by atoms with van der Waals surface area (Å²) >= 11 is 4.43. The van der Waals surface area contributed by atoms with E-state index >= 15 is 0 Å². The zero-order valence-corrected chi connectivity index (χ0v) is 9.98. The molecule has 2 nitrogen and oxygen atoms in total. The van der Waals surface area contributed by atoms with E-state index in [1.54, 1.807) is 7.11 Å². The van der Waals surface area contributed by atoms with Crippen molar-refractivity contribution in [2.75, 3.05) is 14.2 Å². The maximum Gasteiger partial charge on any atom is 0.124 e. The number of hydrogen-bond acceptors (Lipinski definition) is 3. The lowest BCUT2D eigenvalue weighted by atomic mass is 10.1. The second-order valence-electron chi connectivity index (χ2n) is 3.38. The summed E-state index contributed by atoms with van der Waals surface area (Å²) in [6.45, 7) is 4.09. The van der Waals surface area contributed by atoms with Crippen LogP contribution < -0.4 is 10.1 Å². The Kier molecular flexibility index (Phi) is 3.84. The Morgan fingerprint density at radius 3 is 2.14 bits per heavy atom. The molecule has 0 aliphatic heterocycles. The minimum Gasteiger partial charge on any atom is -0.496 e. The van der Waals surface area contributed by atoms with Crippen LogP contribution in [0.5, 0.6) is 5.75 Å². The molecule has 0 aliphatic carbocycles. The highest BCUT2D eigenvalue weighted by molar-refractivity contribution is 7.80. The van der Waals surface area contributed by atoms with Gasteiger partial charge < -0.3 is 10.1 Å². The van der Waals surface area contributed by atoms with Crippen LogP contribution in [0.1, 0.15) is 22.1 Å². The summed E-state index contributed by atoms with van der Waals surface area (Å²) in [5, 5.41) is 3.18. The van der Waals surface area contributed by atoms with Gasteiger partial charge in [-0.1, -0.05) is 0 Å². The Bertz CT molecular complexity index is 302. The Balaban J connectivity index is 3.13. The van der Waals surface area contributed by atoms with Crippen LogP contribution in [0.3, 0.4) is 0 Å². The van der Waals surface area contributed by atoms with Crippen LogP contribution in [0.25, 0.3) is 0 Å². The van der Waals surface area contributed by atoms with Crippen LogP contribution in [0.4, 0.5) is 0 Å². The summed E-state index contributed by atoms with van der Waals surface area (Å²) in [5.41, 5.74) is 3.47. The van der Waals surface area contributed by atoms with Crippen molar-refractivity contribution in [3.05, 3.63) is 28.8 Å². The van der Waals surface area contributed by atoms with E-state index in [0.717, 1.165) is 16.9 Å². The normalized spacial score (nSPS) is 12.6. The summed E-state index contributed by atoms with van der Waals surface area (Å²) in [6.07, 6.45) is 0. The van der Waals surface area contributed by atoms with Crippen molar-refractivity contribution in [3.8, 4) is 5.75 Å². The molecule has 1 aromatic rings. The molecule has 3 heteroatoms. The van der Waals surface area contributed by atoms with E-state index in [1.165, 1.54) is 5.56 Å². The zero-order chi connectivity index (χ0) is 10.7. The summed E-state index contributed by atoms with van der Waals surface area (Å²) in [5.74, 6) is 0.963. The Labute approximate surface area is 91.1 Å². The largest absolute Gasteiger partial charge is 0.496 e. The van der Waals surface area contributed by atoms with Crippen molar-refractivity contribution in [2.24, 2.45) is 0 Å². The molecule has 0 aromatic heterocycles. The first-order valence-corrected chi connectivity index (χ1v) is 5.12. The summed E-state index contributed by atoms with van der Waals surface area (Å²) < 4.78 is 5.30. The third-order valence-corrected chi connectivity index (χ3v) is 2.83. The molecule has 0 saturated carbocycles. The molecule has 78 valence electrons. The van der Waals surface area contributed by atoms with Gasteiger partial charge in [0.2, 0.25) is 0 Å². The SMILES string of the molecule is CNC(S)c1cc(C)c(OC)c(C)c1. The van der Waals surface area contributed by atoms with Gasteiger partial charge in [0, 0.05) is 0 Å². The van der Waals surface area contributed by atoms with Gasteiger partial charge in [0.15, 0.2) is 0 Å². The third-order valence-electron chi connectivity index (χ3n) is 2.28. The molecule has 0 aliphatic rings. The van der Waals surface area contributed by atoms with Gasteiger partial charge in [-0.05, 0) is 49.7 Å². The van der Waals surface area contributed by atoms with Crippen molar-refractivity contribution in [2.45, 2.75) is 19.2 Å². The first-order chi connectivity index (χ1) is 6.60. The molecule has 1 aromatic carbocycles. The Hall–Kier alpha value is -0.670. The van der Waals surface area contributed by atoms with Crippen LogP contribution in [0, 0.1) is 13.8 Å². The van der Waals surface area contributed by atoms with Gasteiger partial charge in [0.25, 0.3) is 0 Å². The van der Waals surface area contributed by atoms with Crippen LogP contribution in [-0.4, -0.2) is 14.2 Å². The number of benzene rings is 1. The number of ether oxygens (including phenoxy) is 1. The van der Waals surface area contributed by atoms with E-state index in [1.807, 2.05) is 20.9 Å². The Morgan fingerprint density at radius 1 is 1.29 bits per heavy atom. The number of hydrogen-bond donors (Lipinski definition) is 2.